The number of aryl methyl sites for hydroxylation is 1. The Morgan fingerprint density at radius 2 is 1.97 bits per heavy atom. The number of carbonyl (C=O) groups excluding carboxylic acids is 1. The van der Waals surface area contributed by atoms with Crippen LogP contribution in [0.2, 0.25) is 0 Å². The van der Waals surface area contributed by atoms with E-state index in [1.54, 1.807) is 19.5 Å². The average molecular weight is 472 g/mol. The van der Waals surface area contributed by atoms with Crippen LogP contribution in [-0.2, 0) is 4.74 Å². The van der Waals surface area contributed by atoms with Gasteiger partial charge in [-0.3, -0.25) is 14.7 Å². The van der Waals surface area contributed by atoms with E-state index in [2.05, 4.69) is 72.8 Å². The molecule has 0 bridgehead atoms. The summed E-state index contributed by atoms with van der Waals surface area (Å²) in [5.41, 5.74) is 5.38. The number of hydrogen-bond donors (Lipinski definition) is 0. The number of amides is 1. The largest absolute Gasteiger partial charge is 0.383 e. The number of nitrogens with zero attached hydrogens (tertiary/aromatic N) is 3. The molecule has 2 aliphatic heterocycles. The van der Waals surface area contributed by atoms with Gasteiger partial charge in [-0.25, -0.2) is 0 Å². The van der Waals surface area contributed by atoms with Crippen LogP contribution in [0, 0.1) is 12.8 Å². The van der Waals surface area contributed by atoms with Crippen LogP contribution in [0.4, 0.5) is 0 Å². The monoisotopic (exact) mass is 471 g/mol. The summed E-state index contributed by atoms with van der Waals surface area (Å²) in [6.45, 7) is 11.8. The number of methoxy groups -OCH3 is 1. The van der Waals surface area contributed by atoms with Gasteiger partial charge in [0.15, 0.2) is 0 Å². The Morgan fingerprint density at radius 1 is 1.17 bits per heavy atom. The lowest BCUT2D eigenvalue weighted by Crippen LogP contribution is -2.69. The van der Waals surface area contributed by atoms with E-state index in [-0.39, 0.29) is 23.9 Å². The number of rotatable bonds is 7. The molecule has 3 atom stereocenters. The van der Waals surface area contributed by atoms with E-state index >= 15 is 0 Å². The number of aromatic nitrogens is 1. The van der Waals surface area contributed by atoms with Crippen molar-refractivity contribution in [3.8, 4) is 0 Å². The highest BCUT2D eigenvalue weighted by molar-refractivity contribution is 5.93. The minimum atomic E-state index is 0.0608. The first-order valence-corrected chi connectivity index (χ1v) is 12.6. The number of pyridine rings is 1. The molecule has 1 amide bonds. The predicted octanol–water partition coefficient (Wildman–Crippen LogP) is 5.16. The van der Waals surface area contributed by atoms with E-state index in [9.17, 15) is 4.79 Å². The average Bonchev–Trinajstić information content (AvgIpc) is 2.85. The zero-order chi connectivity index (χ0) is 24.8. The third kappa shape index (κ3) is 5.63. The number of hydrogen-bond acceptors (Lipinski definition) is 4. The topological polar surface area (TPSA) is 45.7 Å². The number of fused-ring (bicyclic) bond motifs is 1. The van der Waals surface area contributed by atoms with Gasteiger partial charge >= 0.3 is 0 Å². The lowest BCUT2D eigenvalue weighted by atomic mass is 9.74. The summed E-state index contributed by atoms with van der Waals surface area (Å²) >= 11 is 0. The van der Waals surface area contributed by atoms with Crippen LogP contribution in [-0.4, -0.2) is 66.1 Å². The molecule has 184 valence electrons. The van der Waals surface area contributed by atoms with Crippen LogP contribution in [0.5, 0.6) is 0 Å². The number of ether oxygens (including phenoxy) is 1. The molecule has 0 radical (unpaired) electrons. The molecule has 3 heterocycles. The fourth-order valence-corrected chi connectivity index (χ4v) is 5.49. The Kier molecular flexibility index (Phi) is 8.32. The Balaban J connectivity index is 1.54. The van der Waals surface area contributed by atoms with Crippen LogP contribution >= 0.6 is 0 Å². The van der Waals surface area contributed by atoms with Gasteiger partial charge in [-0.1, -0.05) is 54.6 Å². The van der Waals surface area contributed by atoms with E-state index in [0.717, 1.165) is 31.5 Å². The van der Waals surface area contributed by atoms with Crippen LogP contribution in [0.15, 0.2) is 79.2 Å². The number of carbonyl (C=O) groups is 1. The van der Waals surface area contributed by atoms with Crippen molar-refractivity contribution in [3.05, 3.63) is 95.9 Å². The van der Waals surface area contributed by atoms with Crippen molar-refractivity contribution < 1.29 is 9.53 Å². The Labute approximate surface area is 209 Å². The minimum Gasteiger partial charge on any atom is -0.383 e. The van der Waals surface area contributed by atoms with Crippen LogP contribution in [0.3, 0.4) is 0 Å². The number of benzene rings is 1. The Bertz CT molecular complexity index is 1090. The molecule has 0 saturated carbocycles. The molecule has 35 heavy (non-hydrogen) atoms. The molecule has 0 aliphatic carbocycles. The Morgan fingerprint density at radius 3 is 2.69 bits per heavy atom. The van der Waals surface area contributed by atoms with Crippen LogP contribution in [0.25, 0.3) is 5.57 Å². The van der Waals surface area contributed by atoms with Crippen molar-refractivity contribution in [2.75, 3.05) is 33.4 Å². The molecule has 5 heteroatoms. The summed E-state index contributed by atoms with van der Waals surface area (Å²) in [5, 5.41) is 0. The molecule has 1 aromatic carbocycles. The fourth-order valence-electron chi connectivity index (χ4n) is 5.49. The van der Waals surface area contributed by atoms with Gasteiger partial charge < -0.3 is 9.64 Å². The maximum absolute atomic E-state index is 13.3. The first kappa shape index (κ1) is 25.1. The first-order valence-electron chi connectivity index (χ1n) is 12.6. The molecule has 0 unspecified atom stereocenters. The minimum absolute atomic E-state index is 0.0608. The molecule has 5 nitrogen and oxygen atoms in total. The quantitative estimate of drug-likeness (QED) is 0.524. The summed E-state index contributed by atoms with van der Waals surface area (Å²) in [4.78, 5) is 21.9. The number of allylic oxidation sites excluding steroid dienone is 4. The molecular weight excluding hydrogens is 434 g/mol. The van der Waals surface area contributed by atoms with Gasteiger partial charge in [0, 0.05) is 50.6 Å². The Hall–Kier alpha value is -3.02. The highest BCUT2D eigenvalue weighted by atomic mass is 16.5. The fraction of sp³-hybridized carbons (Fsp3) is 0.400. The molecule has 0 spiro atoms. The SMILES string of the molecule is C=C(/C=C\C(=C/C)c1cccc(C)c1)[C@@H]1[C@@H](COC)N2CCCCN(C(=O)c3cccnc3)C[C@@H]12. The summed E-state index contributed by atoms with van der Waals surface area (Å²) in [6.07, 6.45) is 11.9. The van der Waals surface area contributed by atoms with Gasteiger partial charge in [0.05, 0.1) is 12.2 Å². The van der Waals surface area contributed by atoms with Crippen molar-refractivity contribution >= 4 is 11.5 Å². The molecule has 2 fully saturated rings. The predicted molar refractivity (Wildman–Crippen MR) is 142 cm³/mol. The first-order chi connectivity index (χ1) is 17.0. The lowest BCUT2D eigenvalue weighted by molar-refractivity contribution is -0.0847. The molecule has 0 N–H and O–H groups in total. The molecular formula is C30H37N3O2. The highest BCUT2D eigenvalue weighted by Crippen LogP contribution is 2.40. The lowest BCUT2D eigenvalue weighted by Gasteiger charge is -2.57. The van der Waals surface area contributed by atoms with Gasteiger partial charge in [0.25, 0.3) is 5.91 Å². The van der Waals surface area contributed by atoms with E-state index in [4.69, 9.17) is 4.74 Å². The normalized spacial score (nSPS) is 23.3. The third-order valence-electron chi connectivity index (χ3n) is 7.28. The van der Waals surface area contributed by atoms with Crippen LogP contribution in [0.1, 0.15) is 41.3 Å². The van der Waals surface area contributed by atoms with Crippen LogP contribution < -0.4 is 0 Å². The summed E-state index contributed by atoms with van der Waals surface area (Å²) in [7, 11) is 1.76. The van der Waals surface area contributed by atoms with E-state index in [1.807, 2.05) is 17.0 Å². The second kappa shape index (κ2) is 11.6. The van der Waals surface area contributed by atoms with Gasteiger partial charge in [-0.05, 0) is 62.1 Å². The molecule has 2 saturated heterocycles. The van der Waals surface area contributed by atoms with E-state index < -0.39 is 0 Å². The van der Waals surface area contributed by atoms with Crippen molar-refractivity contribution in [1.29, 1.82) is 0 Å². The third-order valence-corrected chi connectivity index (χ3v) is 7.28. The van der Waals surface area contributed by atoms with Gasteiger partial charge in [-0.2, -0.15) is 0 Å². The summed E-state index contributed by atoms with van der Waals surface area (Å²) in [5.74, 6) is 0.301. The standard InChI is InChI=1S/C30H37N3O2/c1-5-24(25-11-8-10-22(2)18-25)14-13-23(3)29-27-20-32(30(34)26-12-9-15-31-19-26)16-6-7-17-33(27)28(29)21-35-4/h5,8-15,18-19,27-29H,3,6-7,16-17,20-21H2,1-2,4H3/b14-13-,24-5+/t27-,28+,29-/m0/s1. The van der Waals surface area contributed by atoms with Gasteiger partial charge in [0.2, 0.25) is 0 Å². The van der Waals surface area contributed by atoms with Gasteiger partial charge in [-0.15, -0.1) is 0 Å². The molecule has 2 aromatic rings. The van der Waals surface area contributed by atoms with Gasteiger partial charge in [0.1, 0.15) is 0 Å². The summed E-state index contributed by atoms with van der Waals surface area (Å²) in [6, 6.07) is 12.8. The molecule has 1 aromatic heterocycles. The van der Waals surface area contributed by atoms with Crippen molar-refractivity contribution in [2.24, 2.45) is 5.92 Å². The highest BCUT2D eigenvalue weighted by Gasteiger charge is 2.49. The zero-order valence-corrected chi connectivity index (χ0v) is 21.2. The molecule has 4 rings (SSSR count). The second-order valence-electron chi connectivity index (χ2n) is 9.58. The maximum atomic E-state index is 13.3. The maximum Gasteiger partial charge on any atom is 0.255 e. The van der Waals surface area contributed by atoms with Crippen molar-refractivity contribution in [2.45, 2.75) is 38.8 Å². The van der Waals surface area contributed by atoms with Crippen molar-refractivity contribution in [1.82, 2.24) is 14.8 Å². The smallest absolute Gasteiger partial charge is 0.255 e. The van der Waals surface area contributed by atoms with E-state index in [0.29, 0.717) is 18.7 Å². The molecule has 2 aliphatic rings. The zero-order valence-electron chi connectivity index (χ0n) is 21.2. The van der Waals surface area contributed by atoms with E-state index in [1.165, 1.54) is 16.7 Å². The second-order valence-corrected chi connectivity index (χ2v) is 9.58. The summed E-state index contributed by atoms with van der Waals surface area (Å²) < 4.78 is 5.61. The van der Waals surface area contributed by atoms with Crippen molar-refractivity contribution in [3.63, 3.8) is 0 Å².